The number of carbonyl (C=O) groups excluding carboxylic acids is 4. The number of amides is 4. The van der Waals surface area contributed by atoms with Gasteiger partial charge in [-0.05, 0) is 18.1 Å². The maximum Gasteiger partial charge on any atom is 0.262 e. The summed E-state index contributed by atoms with van der Waals surface area (Å²) in [7, 11) is 0. The Bertz CT molecular complexity index is 1100. The predicted molar refractivity (Wildman–Crippen MR) is 105 cm³/mol. The first-order chi connectivity index (χ1) is 14.5. The van der Waals surface area contributed by atoms with Crippen LogP contribution in [0, 0.1) is 0 Å². The summed E-state index contributed by atoms with van der Waals surface area (Å²) >= 11 is 0. The molecule has 10 heteroatoms. The Balaban J connectivity index is 1.47. The zero-order chi connectivity index (χ0) is 20.8. The van der Waals surface area contributed by atoms with Crippen LogP contribution in [-0.4, -0.2) is 57.6 Å². The minimum atomic E-state index is -0.976. The van der Waals surface area contributed by atoms with Crippen LogP contribution >= 0.6 is 0 Å². The van der Waals surface area contributed by atoms with E-state index in [4.69, 9.17) is 0 Å². The molecular formula is C20H18N6O4. The molecule has 0 aliphatic carbocycles. The van der Waals surface area contributed by atoms with Gasteiger partial charge in [-0.3, -0.25) is 29.4 Å². The number of hydrogen-bond acceptors (Lipinski definition) is 8. The van der Waals surface area contributed by atoms with E-state index < -0.39 is 29.7 Å². The molecule has 1 atom stereocenters. The summed E-state index contributed by atoms with van der Waals surface area (Å²) in [4.78, 5) is 61.3. The van der Waals surface area contributed by atoms with Crippen molar-refractivity contribution in [2.24, 2.45) is 0 Å². The number of imide groups is 2. The van der Waals surface area contributed by atoms with Crippen molar-refractivity contribution in [3.05, 3.63) is 47.4 Å². The van der Waals surface area contributed by atoms with Crippen LogP contribution in [0.1, 0.15) is 39.1 Å². The van der Waals surface area contributed by atoms with Crippen LogP contribution in [0.3, 0.4) is 0 Å². The molecule has 0 bridgehead atoms. The molecule has 5 rings (SSSR count). The summed E-state index contributed by atoms with van der Waals surface area (Å²) < 4.78 is 0. The van der Waals surface area contributed by atoms with Gasteiger partial charge in [-0.25, -0.2) is 9.97 Å². The van der Waals surface area contributed by atoms with Crippen molar-refractivity contribution < 1.29 is 19.2 Å². The van der Waals surface area contributed by atoms with Gasteiger partial charge in [-0.2, -0.15) is 0 Å². The van der Waals surface area contributed by atoms with Gasteiger partial charge in [0.25, 0.3) is 11.8 Å². The van der Waals surface area contributed by atoms with Gasteiger partial charge in [-0.1, -0.05) is 12.1 Å². The van der Waals surface area contributed by atoms with E-state index in [0.29, 0.717) is 30.8 Å². The summed E-state index contributed by atoms with van der Waals surface area (Å²) in [5, 5.41) is 5.42. The number of nitrogens with zero attached hydrogens (tertiary/aromatic N) is 4. The van der Waals surface area contributed by atoms with Crippen molar-refractivity contribution in [3.8, 4) is 0 Å². The number of hydrogen-bond donors (Lipinski definition) is 2. The molecule has 2 aromatic rings. The van der Waals surface area contributed by atoms with Crippen LogP contribution < -0.4 is 15.5 Å². The normalized spacial score (nSPS) is 20.6. The van der Waals surface area contributed by atoms with E-state index in [1.165, 1.54) is 6.33 Å². The average molecular weight is 406 g/mol. The molecular weight excluding hydrogens is 388 g/mol. The third-order valence-electron chi connectivity index (χ3n) is 5.62. The zero-order valence-electron chi connectivity index (χ0n) is 15.9. The minimum Gasteiger partial charge on any atom is -0.366 e. The number of aromatic nitrogens is 2. The highest BCUT2D eigenvalue weighted by atomic mass is 16.2. The third-order valence-corrected chi connectivity index (χ3v) is 5.62. The van der Waals surface area contributed by atoms with Gasteiger partial charge in [0.15, 0.2) is 5.82 Å². The number of fused-ring (bicyclic) bond motifs is 2. The van der Waals surface area contributed by atoms with E-state index in [1.807, 2.05) is 11.0 Å². The summed E-state index contributed by atoms with van der Waals surface area (Å²) in [5.74, 6) is -1.30. The molecule has 10 nitrogen and oxygen atoms in total. The lowest BCUT2D eigenvalue weighted by atomic mass is 10.0. The van der Waals surface area contributed by atoms with E-state index in [2.05, 4.69) is 20.6 Å². The quantitative estimate of drug-likeness (QED) is 0.698. The lowest BCUT2D eigenvalue weighted by Gasteiger charge is -2.31. The van der Waals surface area contributed by atoms with Gasteiger partial charge in [0.1, 0.15) is 12.4 Å². The number of rotatable bonds is 3. The Morgan fingerprint density at radius 1 is 1.13 bits per heavy atom. The molecule has 1 aromatic heterocycles. The van der Waals surface area contributed by atoms with Crippen LogP contribution in [0.5, 0.6) is 0 Å². The molecule has 0 spiro atoms. The van der Waals surface area contributed by atoms with Crippen molar-refractivity contribution in [1.29, 1.82) is 0 Å². The molecule has 2 N–H and O–H groups in total. The Labute approximate surface area is 171 Å². The second-order valence-corrected chi connectivity index (χ2v) is 7.39. The molecule has 3 aliphatic rings. The fourth-order valence-electron chi connectivity index (χ4n) is 4.21. The predicted octanol–water partition coefficient (Wildman–Crippen LogP) is 0.310. The standard InChI is InChI=1S/C20H18N6O4/c27-15-5-4-13(18(28)24-15)26-19(29)12-3-1-2-11(16(12)20(26)30)9-25-7-6-22-17-14(25)8-21-10-23-17/h1-3,8,10,13H,4-7,9H2,(H,21,22,23)(H,24,27,28). The van der Waals surface area contributed by atoms with Gasteiger partial charge in [0.2, 0.25) is 11.8 Å². The average Bonchev–Trinajstić information content (AvgIpc) is 3.00. The molecule has 0 radical (unpaired) electrons. The van der Waals surface area contributed by atoms with Crippen molar-refractivity contribution in [2.75, 3.05) is 23.3 Å². The molecule has 1 fully saturated rings. The molecule has 1 unspecified atom stereocenters. The smallest absolute Gasteiger partial charge is 0.262 e. The number of carbonyl (C=O) groups is 4. The number of piperidine rings is 1. The van der Waals surface area contributed by atoms with Crippen LogP contribution in [0.4, 0.5) is 11.5 Å². The molecule has 152 valence electrons. The highest BCUT2D eigenvalue weighted by Crippen LogP contribution is 2.32. The summed E-state index contributed by atoms with van der Waals surface area (Å²) in [6.07, 6.45) is 3.40. The topological polar surface area (TPSA) is 125 Å². The Morgan fingerprint density at radius 2 is 2.00 bits per heavy atom. The van der Waals surface area contributed by atoms with E-state index in [9.17, 15) is 19.2 Å². The van der Waals surface area contributed by atoms with Crippen molar-refractivity contribution in [3.63, 3.8) is 0 Å². The summed E-state index contributed by atoms with van der Waals surface area (Å²) in [5.41, 5.74) is 2.10. The Hall–Kier alpha value is -3.82. The highest BCUT2D eigenvalue weighted by Gasteiger charge is 2.45. The maximum absolute atomic E-state index is 13.2. The largest absolute Gasteiger partial charge is 0.366 e. The lowest BCUT2D eigenvalue weighted by Crippen LogP contribution is -2.54. The van der Waals surface area contributed by atoms with Gasteiger partial charge in [0, 0.05) is 26.1 Å². The van der Waals surface area contributed by atoms with Crippen LogP contribution in [0.2, 0.25) is 0 Å². The number of benzene rings is 1. The van der Waals surface area contributed by atoms with Crippen LogP contribution in [0.25, 0.3) is 0 Å². The summed E-state index contributed by atoms with van der Waals surface area (Å²) in [6, 6.07) is 4.16. The zero-order valence-corrected chi connectivity index (χ0v) is 15.9. The maximum atomic E-state index is 13.2. The second kappa shape index (κ2) is 6.90. The number of nitrogens with one attached hydrogen (secondary N) is 2. The molecule has 0 saturated carbocycles. The molecule has 1 aromatic carbocycles. The molecule has 30 heavy (non-hydrogen) atoms. The lowest BCUT2D eigenvalue weighted by molar-refractivity contribution is -0.136. The minimum absolute atomic E-state index is 0.0915. The first-order valence-electron chi connectivity index (χ1n) is 9.67. The first kappa shape index (κ1) is 18.2. The fraction of sp³-hybridized carbons (Fsp3) is 0.300. The summed E-state index contributed by atoms with van der Waals surface area (Å²) in [6.45, 7) is 1.77. The van der Waals surface area contributed by atoms with Crippen LogP contribution in [-0.2, 0) is 16.1 Å². The molecule has 4 heterocycles. The molecule has 3 aliphatic heterocycles. The third kappa shape index (κ3) is 2.79. The Kier molecular flexibility index (Phi) is 4.19. The van der Waals surface area contributed by atoms with Gasteiger partial charge in [-0.15, -0.1) is 0 Å². The second-order valence-electron chi connectivity index (χ2n) is 7.39. The fourth-order valence-corrected chi connectivity index (χ4v) is 4.21. The van der Waals surface area contributed by atoms with E-state index in [0.717, 1.165) is 16.4 Å². The van der Waals surface area contributed by atoms with Crippen LogP contribution in [0.15, 0.2) is 30.7 Å². The molecule has 4 amide bonds. The van der Waals surface area contributed by atoms with Crippen molar-refractivity contribution >= 4 is 35.1 Å². The highest BCUT2D eigenvalue weighted by molar-refractivity contribution is 6.24. The van der Waals surface area contributed by atoms with E-state index >= 15 is 0 Å². The first-order valence-corrected chi connectivity index (χ1v) is 9.67. The van der Waals surface area contributed by atoms with Crippen molar-refractivity contribution in [1.82, 2.24) is 20.2 Å². The van der Waals surface area contributed by atoms with Crippen molar-refractivity contribution in [2.45, 2.75) is 25.4 Å². The number of anilines is 2. The van der Waals surface area contributed by atoms with Gasteiger partial charge < -0.3 is 10.2 Å². The van der Waals surface area contributed by atoms with E-state index in [1.54, 1.807) is 18.3 Å². The molecule has 1 saturated heterocycles. The van der Waals surface area contributed by atoms with E-state index in [-0.39, 0.29) is 18.4 Å². The monoisotopic (exact) mass is 406 g/mol. The Morgan fingerprint density at radius 3 is 2.83 bits per heavy atom. The van der Waals surface area contributed by atoms with Gasteiger partial charge in [0.05, 0.1) is 23.0 Å². The SMILES string of the molecule is O=C1CCC(N2C(=O)c3cccc(CN4CCNc5ncncc54)c3C2=O)C(=O)N1. The van der Waals surface area contributed by atoms with Gasteiger partial charge >= 0.3 is 0 Å².